The van der Waals surface area contributed by atoms with Gasteiger partial charge in [0.15, 0.2) is 0 Å². The molecule has 0 aliphatic heterocycles. The highest BCUT2D eigenvalue weighted by Crippen LogP contribution is 2.24. The van der Waals surface area contributed by atoms with Crippen LogP contribution >= 0.6 is 0 Å². The van der Waals surface area contributed by atoms with Crippen LogP contribution in [0.15, 0.2) is 40.8 Å². The summed E-state index contributed by atoms with van der Waals surface area (Å²) < 4.78 is 5.65. The van der Waals surface area contributed by atoms with E-state index in [9.17, 15) is 10.1 Å². The topological polar surface area (TPSA) is 82.3 Å². The van der Waals surface area contributed by atoms with E-state index in [1.807, 2.05) is 12.1 Å². The standard InChI is InChI=1S/C13H14N2O3/c14-9-1-2-12-7-8-13(18-12)10-3-5-11(6-4-10)15(16)17/h3-8H,1-2,9,14H2. The minimum Gasteiger partial charge on any atom is -0.461 e. The van der Waals surface area contributed by atoms with Crippen molar-refractivity contribution in [1.82, 2.24) is 0 Å². The molecule has 0 aliphatic rings. The molecule has 0 bridgehead atoms. The lowest BCUT2D eigenvalue weighted by Crippen LogP contribution is -1.99. The van der Waals surface area contributed by atoms with Crippen LogP contribution < -0.4 is 5.73 Å². The van der Waals surface area contributed by atoms with Crippen molar-refractivity contribution in [2.45, 2.75) is 12.8 Å². The minimum atomic E-state index is -0.418. The first kappa shape index (κ1) is 12.3. The Morgan fingerprint density at radius 1 is 1.17 bits per heavy atom. The number of benzene rings is 1. The molecule has 2 aromatic rings. The number of aryl methyl sites for hydroxylation is 1. The van der Waals surface area contributed by atoms with Gasteiger partial charge >= 0.3 is 0 Å². The zero-order chi connectivity index (χ0) is 13.0. The van der Waals surface area contributed by atoms with E-state index in [4.69, 9.17) is 10.2 Å². The third-order valence-electron chi connectivity index (χ3n) is 2.65. The molecule has 5 heteroatoms. The van der Waals surface area contributed by atoms with Crippen LogP contribution in [0.3, 0.4) is 0 Å². The van der Waals surface area contributed by atoms with Gasteiger partial charge in [-0.05, 0) is 37.2 Å². The molecule has 0 saturated carbocycles. The molecule has 0 saturated heterocycles. The molecule has 1 aromatic heterocycles. The van der Waals surface area contributed by atoms with Crippen molar-refractivity contribution in [3.05, 3.63) is 52.3 Å². The zero-order valence-electron chi connectivity index (χ0n) is 9.83. The zero-order valence-corrected chi connectivity index (χ0v) is 9.83. The number of nitrogens with two attached hydrogens (primary N) is 1. The van der Waals surface area contributed by atoms with Crippen molar-refractivity contribution in [1.29, 1.82) is 0 Å². The van der Waals surface area contributed by atoms with Crippen molar-refractivity contribution in [2.24, 2.45) is 5.73 Å². The Morgan fingerprint density at radius 3 is 2.50 bits per heavy atom. The highest BCUT2D eigenvalue weighted by Gasteiger charge is 2.08. The maximum atomic E-state index is 10.5. The van der Waals surface area contributed by atoms with E-state index in [-0.39, 0.29) is 5.69 Å². The molecule has 2 rings (SSSR count). The molecule has 0 aliphatic carbocycles. The lowest BCUT2D eigenvalue weighted by molar-refractivity contribution is -0.384. The molecule has 18 heavy (non-hydrogen) atoms. The molecule has 1 heterocycles. The molecule has 1 aromatic carbocycles. The first-order valence-corrected chi connectivity index (χ1v) is 5.74. The summed E-state index contributed by atoms with van der Waals surface area (Å²) >= 11 is 0. The lowest BCUT2D eigenvalue weighted by Gasteiger charge is -1.97. The Balaban J connectivity index is 2.15. The quantitative estimate of drug-likeness (QED) is 0.649. The molecule has 0 radical (unpaired) electrons. The van der Waals surface area contributed by atoms with Crippen LogP contribution in [0, 0.1) is 10.1 Å². The van der Waals surface area contributed by atoms with Gasteiger partial charge in [0.25, 0.3) is 5.69 Å². The highest BCUT2D eigenvalue weighted by atomic mass is 16.6. The summed E-state index contributed by atoms with van der Waals surface area (Å²) in [4.78, 5) is 10.1. The van der Waals surface area contributed by atoms with E-state index in [0.29, 0.717) is 6.54 Å². The van der Waals surface area contributed by atoms with Gasteiger partial charge in [-0.15, -0.1) is 0 Å². The summed E-state index contributed by atoms with van der Waals surface area (Å²) in [5.74, 6) is 1.60. The Bertz CT molecular complexity index is 531. The molecule has 0 amide bonds. The van der Waals surface area contributed by atoms with Gasteiger partial charge in [0.05, 0.1) is 4.92 Å². The first-order valence-electron chi connectivity index (χ1n) is 5.74. The number of nitro groups is 1. The summed E-state index contributed by atoms with van der Waals surface area (Å²) in [5, 5.41) is 10.5. The second-order valence-electron chi connectivity index (χ2n) is 3.96. The van der Waals surface area contributed by atoms with Gasteiger partial charge in [-0.3, -0.25) is 10.1 Å². The molecule has 0 unspecified atom stereocenters. The fourth-order valence-corrected chi connectivity index (χ4v) is 1.69. The number of rotatable bonds is 5. The summed E-state index contributed by atoms with van der Waals surface area (Å²) in [6.07, 6.45) is 1.69. The van der Waals surface area contributed by atoms with E-state index in [0.717, 1.165) is 29.9 Å². The molecule has 94 valence electrons. The maximum absolute atomic E-state index is 10.5. The van der Waals surface area contributed by atoms with Gasteiger partial charge in [0, 0.05) is 24.1 Å². The van der Waals surface area contributed by atoms with Gasteiger partial charge in [-0.25, -0.2) is 0 Å². The number of furan rings is 1. The average molecular weight is 246 g/mol. The largest absolute Gasteiger partial charge is 0.461 e. The van der Waals surface area contributed by atoms with Crippen LogP contribution in [0.1, 0.15) is 12.2 Å². The van der Waals surface area contributed by atoms with Crippen LogP contribution in [0.4, 0.5) is 5.69 Å². The molecule has 5 nitrogen and oxygen atoms in total. The number of nitrogens with zero attached hydrogens (tertiary/aromatic N) is 1. The van der Waals surface area contributed by atoms with Crippen molar-refractivity contribution < 1.29 is 9.34 Å². The Kier molecular flexibility index (Phi) is 3.74. The van der Waals surface area contributed by atoms with E-state index >= 15 is 0 Å². The fraction of sp³-hybridized carbons (Fsp3) is 0.231. The van der Waals surface area contributed by atoms with E-state index in [1.165, 1.54) is 12.1 Å². The SMILES string of the molecule is NCCCc1ccc(-c2ccc([N+](=O)[O-])cc2)o1. The number of nitro benzene ring substituents is 1. The number of non-ortho nitro benzene ring substituents is 1. The van der Waals surface area contributed by atoms with Crippen LogP contribution in [0.25, 0.3) is 11.3 Å². The van der Waals surface area contributed by atoms with Crippen LogP contribution in [0.5, 0.6) is 0 Å². The average Bonchev–Trinajstić information content (AvgIpc) is 2.85. The lowest BCUT2D eigenvalue weighted by atomic mass is 10.1. The smallest absolute Gasteiger partial charge is 0.269 e. The minimum absolute atomic E-state index is 0.0775. The molecule has 0 fully saturated rings. The van der Waals surface area contributed by atoms with Crippen molar-refractivity contribution in [3.8, 4) is 11.3 Å². The van der Waals surface area contributed by atoms with Crippen LogP contribution in [0.2, 0.25) is 0 Å². The molecular weight excluding hydrogens is 232 g/mol. The van der Waals surface area contributed by atoms with Gasteiger partial charge < -0.3 is 10.2 Å². The molecule has 0 atom stereocenters. The molecule has 2 N–H and O–H groups in total. The normalized spacial score (nSPS) is 10.5. The number of hydrogen-bond donors (Lipinski definition) is 1. The molecular formula is C13H14N2O3. The van der Waals surface area contributed by atoms with Gasteiger partial charge in [-0.1, -0.05) is 0 Å². The Labute approximate surface area is 104 Å². The van der Waals surface area contributed by atoms with Crippen molar-refractivity contribution >= 4 is 5.69 Å². The summed E-state index contributed by atoms with van der Waals surface area (Å²) in [5.41, 5.74) is 6.34. The van der Waals surface area contributed by atoms with Crippen LogP contribution in [-0.4, -0.2) is 11.5 Å². The van der Waals surface area contributed by atoms with Crippen molar-refractivity contribution in [2.75, 3.05) is 6.54 Å². The monoisotopic (exact) mass is 246 g/mol. The second kappa shape index (κ2) is 5.46. The summed E-state index contributed by atoms with van der Waals surface area (Å²) in [6, 6.07) is 10.1. The van der Waals surface area contributed by atoms with E-state index in [1.54, 1.807) is 12.1 Å². The van der Waals surface area contributed by atoms with Crippen molar-refractivity contribution in [3.63, 3.8) is 0 Å². The van der Waals surface area contributed by atoms with E-state index in [2.05, 4.69) is 0 Å². The summed E-state index contributed by atoms with van der Waals surface area (Å²) in [7, 11) is 0. The second-order valence-corrected chi connectivity index (χ2v) is 3.96. The van der Waals surface area contributed by atoms with E-state index < -0.39 is 4.92 Å². The maximum Gasteiger partial charge on any atom is 0.269 e. The van der Waals surface area contributed by atoms with Gasteiger partial charge in [0.1, 0.15) is 11.5 Å². The van der Waals surface area contributed by atoms with Gasteiger partial charge in [-0.2, -0.15) is 0 Å². The van der Waals surface area contributed by atoms with Crippen LogP contribution in [-0.2, 0) is 6.42 Å². The fourth-order valence-electron chi connectivity index (χ4n) is 1.69. The first-order chi connectivity index (χ1) is 8.70. The number of hydrogen-bond acceptors (Lipinski definition) is 4. The Hall–Kier alpha value is -2.14. The predicted molar refractivity (Wildman–Crippen MR) is 68.2 cm³/mol. The summed E-state index contributed by atoms with van der Waals surface area (Å²) in [6.45, 7) is 0.633. The van der Waals surface area contributed by atoms with Gasteiger partial charge in [0.2, 0.25) is 0 Å². The third kappa shape index (κ3) is 2.75. The Morgan fingerprint density at radius 2 is 1.89 bits per heavy atom. The third-order valence-corrected chi connectivity index (χ3v) is 2.65. The predicted octanol–water partition coefficient (Wildman–Crippen LogP) is 2.75. The highest BCUT2D eigenvalue weighted by molar-refractivity contribution is 5.59. The molecule has 0 spiro atoms.